The summed E-state index contributed by atoms with van der Waals surface area (Å²) in [5.41, 5.74) is 1.10. The van der Waals surface area contributed by atoms with Crippen LogP contribution >= 0.6 is 15.9 Å². The summed E-state index contributed by atoms with van der Waals surface area (Å²) < 4.78 is 26.1. The normalized spacial score (nSPS) is 11.9. The van der Waals surface area contributed by atoms with Gasteiger partial charge in [-0.15, -0.1) is 0 Å². The van der Waals surface area contributed by atoms with Crippen LogP contribution in [0.15, 0.2) is 24.3 Å². The molecular weight excluding hydrogens is 250 g/mol. The molecule has 0 aromatic heterocycles. The lowest BCUT2D eigenvalue weighted by Crippen LogP contribution is -1.91. The number of halogens is 3. The Morgan fingerprint density at radius 2 is 2.14 bits per heavy atom. The van der Waals surface area contributed by atoms with Crippen molar-refractivity contribution in [3.8, 4) is 0 Å². The molecule has 0 aliphatic carbocycles. The molecule has 3 heteroatoms. The number of alkyl halides is 1. The number of rotatable bonds is 3. The standard InChI is InChI=1S/C11H11BrF2/c1-8(4-3-7-12)9-5-2-6-10(13)11(9)14/h2,4-6H,3,7H2,1H3. The van der Waals surface area contributed by atoms with E-state index in [1.54, 1.807) is 13.0 Å². The molecule has 0 heterocycles. The first kappa shape index (κ1) is 11.4. The number of hydrogen-bond acceptors (Lipinski definition) is 0. The molecule has 0 N–H and O–H groups in total. The first-order valence-electron chi connectivity index (χ1n) is 4.34. The van der Waals surface area contributed by atoms with Gasteiger partial charge in [-0.3, -0.25) is 0 Å². The molecule has 0 bridgehead atoms. The molecule has 0 spiro atoms. The van der Waals surface area contributed by atoms with Crippen molar-refractivity contribution in [2.24, 2.45) is 0 Å². The summed E-state index contributed by atoms with van der Waals surface area (Å²) >= 11 is 3.27. The molecule has 0 fully saturated rings. The Kier molecular flexibility index (Phi) is 4.26. The third-order valence-electron chi connectivity index (χ3n) is 1.94. The highest BCUT2D eigenvalue weighted by Crippen LogP contribution is 2.20. The van der Waals surface area contributed by atoms with Gasteiger partial charge in [0.2, 0.25) is 0 Å². The van der Waals surface area contributed by atoms with Crippen LogP contribution in [-0.4, -0.2) is 5.33 Å². The highest BCUT2D eigenvalue weighted by molar-refractivity contribution is 9.09. The van der Waals surface area contributed by atoms with Gasteiger partial charge in [0.25, 0.3) is 0 Å². The van der Waals surface area contributed by atoms with Gasteiger partial charge < -0.3 is 0 Å². The Balaban J connectivity index is 3.01. The van der Waals surface area contributed by atoms with Crippen molar-refractivity contribution in [2.45, 2.75) is 13.3 Å². The van der Waals surface area contributed by atoms with Crippen molar-refractivity contribution in [3.63, 3.8) is 0 Å². The van der Waals surface area contributed by atoms with E-state index in [-0.39, 0.29) is 0 Å². The van der Waals surface area contributed by atoms with E-state index in [1.165, 1.54) is 6.07 Å². The lowest BCUT2D eigenvalue weighted by Gasteiger charge is -2.03. The molecule has 76 valence electrons. The van der Waals surface area contributed by atoms with Crippen LogP contribution in [0.3, 0.4) is 0 Å². The maximum atomic E-state index is 13.3. The van der Waals surface area contributed by atoms with Crippen LogP contribution < -0.4 is 0 Å². The molecule has 0 saturated carbocycles. The molecule has 1 aromatic rings. The van der Waals surface area contributed by atoms with Gasteiger partial charge in [-0.25, -0.2) is 8.78 Å². The highest BCUT2D eigenvalue weighted by Gasteiger charge is 2.07. The smallest absolute Gasteiger partial charge is 0.166 e. The summed E-state index contributed by atoms with van der Waals surface area (Å²) in [5, 5.41) is 0.821. The van der Waals surface area contributed by atoms with Crippen LogP contribution in [0.1, 0.15) is 18.9 Å². The van der Waals surface area contributed by atoms with Gasteiger partial charge in [-0.05, 0) is 25.0 Å². The molecule has 0 radical (unpaired) electrons. The van der Waals surface area contributed by atoms with Crippen molar-refractivity contribution in [2.75, 3.05) is 5.33 Å². The van der Waals surface area contributed by atoms with Crippen molar-refractivity contribution in [3.05, 3.63) is 41.5 Å². The average Bonchev–Trinajstić information content (AvgIpc) is 2.18. The van der Waals surface area contributed by atoms with Crippen LogP contribution in [0, 0.1) is 11.6 Å². The van der Waals surface area contributed by atoms with Crippen molar-refractivity contribution >= 4 is 21.5 Å². The van der Waals surface area contributed by atoms with E-state index < -0.39 is 11.6 Å². The third kappa shape index (κ3) is 2.64. The van der Waals surface area contributed by atoms with Crippen LogP contribution in [0.4, 0.5) is 8.78 Å². The molecular formula is C11H11BrF2. The molecule has 0 saturated heterocycles. The largest absolute Gasteiger partial charge is 0.204 e. The van der Waals surface area contributed by atoms with E-state index in [4.69, 9.17) is 0 Å². The summed E-state index contributed by atoms with van der Waals surface area (Å²) in [6, 6.07) is 4.22. The van der Waals surface area contributed by atoms with Crippen molar-refractivity contribution in [1.29, 1.82) is 0 Å². The maximum Gasteiger partial charge on any atom is 0.166 e. The highest BCUT2D eigenvalue weighted by atomic mass is 79.9. The zero-order valence-electron chi connectivity index (χ0n) is 7.86. The summed E-state index contributed by atoms with van der Waals surface area (Å²) in [7, 11) is 0. The summed E-state index contributed by atoms with van der Waals surface area (Å²) in [6.07, 6.45) is 2.69. The second kappa shape index (κ2) is 5.25. The van der Waals surface area contributed by atoms with E-state index in [1.807, 2.05) is 6.08 Å². The molecule has 0 atom stereocenters. The summed E-state index contributed by atoms with van der Waals surface area (Å²) in [4.78, 5) is 0. The minimum absolute atomic E-state index is 0.339. The summed E-state index contributed by atoms with van der Waals surface area (Å²) in [6.45, 7) is 1.78. The van der Waals surface area contributed by atoms with Crippen LogP contribution in [-0.2, 0) is 0 Å². The van der Waals surface area contributed by atoms with Crippen LogP contribution in [0.25, 0.3) is 5.57 Å². The minimum atomic E-state index is -0.797. The zero-order chi connectivity index (χ0) is 10.6. The topological polar surface area (TPSA) is 0 Å². The van der Waals surface area contributed by atoms with Gasteiger partial charge in [0.15, 0.2) is 11.6 Å². The SMILES string of the molecule is CC(=CCCBr)c1cccc(F)c1F. The first-order chi connectivity index (χ1) is 6.66. The molecule has 0 nitrogen and oxygen atoms in total. The van der Waals surface area contributed by atoms with Gasteiger partial charge in [0.05, 0.1) is 0 Å². The van der Waals surface area contributed by atoms with E-state index in [9.17, 15) is 8.78 Å². The second-order valence-electron chi connectivity index (χ2n) is 2.97. The van der Waals surface area contributed by atoms with Gasteiger partial charge >= 0.3 is 0 Å². The molecule has 0 aliphatic rings. The number of benzene rings is 1. The predicted molar refractivity (Wildman–Crippen MR) is 58.4 cm³/mol. The lowest BCUT2D eigenvalue weighted by atomic mass is 10.1. The quantitative estimate of drug-likeness (QED) is 0.717. The van der Waals surface area contributed by atoms with E-state index in [0.29, 0.717) is 5.56 Å². The number of allylic oxidation sites excluding steroid dienone is 2. The molecule has 0 amide bonds. The fourth-order valence-electron chi connectivity index (χ4n) is 1.19. The Morgan fingerprint density at radius 3 is 2.79 bits per heavy atom. The molecule has 0 aliphatic heterocycles. The Hall–Kier alpha value is -0.700. The molecule has 14 heavy (non-hydrogen) atoms. The van der Waals surface area contributed by atoms with E-state index in [2.05, 4.69) is 15.9 Å². The number of hydrogen-bond donors (Lipinski definition) is 0. The van der Waals surface area contributed by atoms with Crippen molar-refractivity contribution in [1.82, 2.24) is 0 Å². The predicted octanol–water partition coefficient (Wildman–Crippen LogP) is 4.15. The fraction of sp³-hybridized carbons (Fsp3) is 0.273. The zero-order valence-corrected chi connectivity index (χ0v) is 9.44. The first-order valence-corrected chi connectivity index (χ1v) is 5.46. The summed E-state index contributed by atoms with van der Waals surface area (Å²) in [5.74, 6) is -1.56. The van der Waals surface area contributed by atoms with E-state index in [0.717, 1.165) is 23.4 Å². The molecule has 0 unspecified atom stereocenters. The minimum Gasteiger partial charge on any atom is -0.204 e. The third-order valence-corrected chi connectivity index (χ3v) is 2.39. The van der Waals surface area contributed by atoms with Gasteiger partial charge in [-0.1, -0.05) is 34.1 Å². The van der Waals surface area contributed by atoms with Crippen LogP contribution in [0.2, 0.25) is 0 Å². The Morgan fingerprint density at radius 1 is 1.43 bits per heavy atom. The molecule has 1 aromatic carbocycles. The van der Waals surface area contributed by atoms with Gasteiger partial charge in [-0.2, -0.15) is 0 Å². The van der Waals surface area contributed by atoms with Gasteiger partial charge in [0, 0.05) is 10.9 Å². The van der Waals surface area contributed by atoms with Gasteiger partial charge in [0.1, 0.15) is 0 Å². The van der Waals surface area contributed by atoms with Crippen molar-refractivity contribution < 1.29 is 8.78 Å². The maximum absolute atomic E-state index is 13.3. The van der Waals surface area contributed by atoms with E-state index >= 15 is 0 Å². The fourth-order valence-corrected chi connectivity index (χ4v) is 1.42. The van der Waals surface area contributed by atoms with Crippen LogP contribution in [0.5, 0.6) is 0 Å². The monoisotopic (exact) mass is 260 g/mol. The Labute approximate surface area is 90.8 Å². The second-order valence-corrected chi connectivity index (χ2v) is 3.76. The lowest BCUT2D eigenvalue weighted by molar-refractivity contribution is 0.506. The average molecular weight is 261 g/mol. The molecule has 1 rings (SSSR count). The Bertz CT molecular complexity index is 345.